The van der Waals surface area contributed by atoms with Crippen LogP contribution in [0.25, 0.3) is 0 Å². The molecular weight excluding hydrogens is 314 g/mol. The first-order valence-corrected chi connectivity index (χ1v) is 7.55. The maximum Gasteiger partial charge on any atom is 0.224 e. The molecule has 2 saturated heterocycles. The van der Waals surface area contributed by atoms with Crippen LogP contribution in [0.5, 0.6) is 0 Å². The van der Waals surface area contributed by atoms with Crippen molar-refractivity contribution in [3.05, 3.63) is 17.3 Å². The van der Waals surface area contributed by atoms with Crippen LogP contribution >= 0.6 is 24.0 Å². The lowest BCUT2D eigenvalue weighted by atomic mass is 9.84. The Morgan fingerprint density at radius 1 is 1.48 bits per heavy atom. The summed E-state index contributed by atoms with van der Waals surface area (Å²) < 4.78 is 13.7. The van der Waals surface area contributed by atoms with E-state index in [1.165, 1.54) is 19.4 Å². The zero-order valence-corrected chi connectivity index (χ0v) is 13.8. The summed E-state index contributed by atoms with van der Waals surface area (Å²) in [6.45, 7) is 5.71. The lowest BCUT2D eigenvalue weighted by Gasteiger charge is -2.47. The quantitative estimate of drug-likeness (QED) is 0.840. The molecule has 3 rings (SSSR count). The number of nitrogens with one attached hydrogen (secondary N) is 1. The van der Waals surface area contributed by atoms with Gasteiger partial charge in [-0.05, 0) is 57.7 Å². The van der Waals surface area contributed by atoms with Crippen molar-refractivity contribution >= 4 is 29.8 Å². The van der Waals surface area contributed by atoms with Crippen molar-refractivity contribution in [1.29, 1.82) is 0 Å². The van der Waals surface area contributed by atoms with E-state index < -0.39 is 5.82 Å². The van der Waals surface area contributed by atoms with Crippen LogP contribution in [-0.2, 0) is 0 Å². The highest BCUT2D eigenvalue weighted by molar-refractivity contribution is 6.28. The minimum Gasteiger partial charge on any atom is -0.365 e. The molecule has 4 nitrogen and oxygen atoms in total. The number of anilines is 1. The summed E-state index contributed by atoms with van der Waals surface area (Å²) in [6, 6.07) is 0.821. The van der Waals surface area contributed by atoms with Gasteiger partial charge in [-0.2, -0.15) is 4.98 Å². The fourth-order valence-corrected chi connectivity index (χ4v) is 3.89. The molecule has 2 atom stereocenters. The Morgan fingerprint density at radius 2 is 2.24 bits per heavy atom. The van der Waals surface area contributed by atoms with E-state index in [1.54, 1.807) is 0 Å². The van der Waals surface area contributed by atoms with Gasteiger partial charge in [0.05, 0.1) is 6.20 Å². The van der Waals surface area contributed by atoms with E-state index in [9.17, 15) is 4.39 Å². The second kappa shape index (κ2) is 6.23. The molecule has 0 aliphatic carbocycles. The largest absolute Gasteiger partial charge is 0.365 e. The third kappa shape index (κ3) is 3.41. The Labute approximate surface area is 135 Å². The van der Waals surface area contributed by atoms with Gasteiger partial charge in [-0.25, -0.2) is 9.37 Å². The summed E-state index contributed by atoms with van der Waals surface area (Å²) in [6.07, 6.45) is 5.62. The highest BCUT2D eigenvalue weighted by Crippen LogP contribution is 2.38. The number of fused-ring (bicyclic) bond motifs is 1. The van der Waals surface area contributed by atoms with Gasteiger partial charge in [0, 0.05) is 17.6 Å². The van der Waals surface area contributed by atoms with Crippen LogP contribution in [0.1, 0.15) is 39.5 Å². The van der Waals surface area contributed by atoms with Gasteiger partial charge in [0.25, 0.3) is 0 Å². The smallest absolute Gasteiger partial charge is 0.224 e. The Balaban J connectivity index is 0.00000161. The van der Waals surface area contributed by atoms with Crippen LogP contribution in [0, 0.1) is 5.82 Å². The molecule has 0 amide bonds. The van der Waals surface area contributed by atoms with E-state index in [-0.39, 0.29) is 35.1 Å². The minimum absolute atomic E-state index is 0. The molecule has 21 heavy (non-hydrogen) atoms. The average Bonchev–Trinajstić information content (AvgIpc) is 2.82. The van der Waals surface area contributed by atoms with Crippen LogP contribution in [0.4, 0.5) is 10.2 Å². The number of rotatable bonds is 2. The number of halogens is 3. The summed E-state index contributed by atoms with van der Waals surface area (Å²) in [5.41, 5.74) is 0.143. The van der Waals surface area contributed by atoms with Gasteiger partial charge in [-0.3, -0.25) is 4.90 Å². The van der Waals surface area contributed by atoms with Crippen molar-refractivity contribution in [2.75, 3.05) is 11.9 Å². The van der Waals surface area contributed by atoms with E-state index in [2.05, 4.69) is 34.0 Å². The number of hydrogen-bond donors (Lipinski definition) is 1. The molecule has 3 heterocycles. The molecule has 1 aromatic rings. The second-order valence-corrected chi connectivity index (χ2v) is 6.76. The molecule has 0 saturated carbocycles. The molecule has 0 bridgehead atoms. The minimum atomic E-state index is -0.443. The molecule has 2 aliphatic heterocycles. The summed E-state index contributed by atoms with van der Waals surface area (Å²) in [5.74, 6) is -0.224. The van der Waals surface area contributed by atoms with Gasteiger partial charge >= 0.3 is 0 Å². The molecule has 2 aliphatic rings. The third-order valence-electron chi connectivity index (χ3n) is 4.51. The first kappa shape index (κ1) is 16.7. The summed E-state index contributed by atoms with van der Waals surface area (Å²) in [7, 11) is 0. The zero-order chi connectivity index (χ0) is 14.3. The van der Waals surface area contributed by atoms with Gasteiger partial charge < -0.3 is 5.32 Å². The Hall–Kier alpha value is -0.650. The Kier molecular flexibility index (Phi) is 4.96. The number of nitrogens with zero attached hydrogens (tertiary/aromatic N) is 3. The molecule has 7 heteroatoms. The van der Waals surface area contributed by atoms with Gasteiger partial charge in [0.2, 0.25) is 5.28 Å². The lowest BCUT2D eigenvalue weighted by Crippen LogP contribution is -2.55. The van der Waals surface area contributed by atoms with Crippen molar-refractivity contribution in [3.8, 4) is 0 Å². The van der Waals surface area contributed by atoms with Crippen LogP contribution in [0.15, 0.2) is 6.20 Å². The summed E-state index contributed by atoms with van der Waals surface area (Å²) in [4.78, 5) is 10.2. The van der Waals surface area contributed by atoms with Crippen LogP contribution in [0.2, 0.25) is 5.28 Å². The van der Waals surface area contributed by atoms with Crippen LogP contribution in [0.3, 0.4) is 0 Å². The normalized spacial score (nSPS) is 27.8. The van der Waals surface area contributed by atoms with E-state index in [0.717, 1.165) is 19.0 Å². The molecule has 1 aromatic heterocycles. The van der Waals surface area contributed by atoms with Gasteiger partial charge in [0.15, 0.2) is 11.6 Å². The fraction of sp³-hybridized carbons (Fsp3) is 0.714. The van der Waals surface area contributed by atoms with E-state index in [4.69, 9.17) is 11.6 Å². The zero-order valence-electron chi connectivity index (χ0n) is 12.3. The number of hydrogen-bond acceptors (Lipinski definition) is 4. The monoisotopic (exact) mass is 334 g/mol. The summed E-state index contributed by atoms with van der Waals surface area (Å²) >= 11 is 5.74. The molecule has 0 unspecified atom stereocenters. The fourth-order valence-electron chi connectivity index (χ4n) is 3.76. The average molecular weight is 335 g/mol. The number of aromatic nitrogens is 2. The first-order valence-electron chi connectivity index (χ1n) is 7.17. The van der Waals surface area contributed by atoms with Crippen LogP contribution in [-0.4, -0.2) is 39.0 Å². The Morgan fingerprint density at radius 3 is 3.00 bits per heavy atom. The molecule has 0 radical (unpaired) electrons. The highest BCUT2D eigenvalue weighted by Gasteiger charge is 2.42. The van der Waals surface area contributed by atoms with Crippen molar-refractivity contribution in [2.45, 2.75) is 57.2 Å². The maximum atomic E-state index is 13.7. The maximum absolute atomic E-state index is 13.7. The molecular formula is C14H21Cl2FN4. The van der Waals surface area contributed by atoms with Gasteiger partial charge in [0.1, 0.15) is 0 Å². The first-order chi connectivity index (χ1) is 9.45. The topological polar surface area (TPSA) is 41.1 Å². The standard InChI is InChI=1S/C14H20ClFN4.ClH/c1-14(2)7-9(6-10-4-3-5-20(10)14)18-12-11(16)8-17-13(15)19-12;/h8-10H,3-7H2,1-2H3,(H,17,18,19);1H/t9-,10+;/m1./s1. The van der Waals surface area contributed by atoms with Gasteiger partial charge in [-0.1, -0.05) is 0 Å². The van der Waals surface area contributed by atoms with E-state index in [1.807, 2.05) is 0 Å². The lowest BCUT2D eigenvalue weighted by molar-refractivity contribution is 0.0500. The van der Waals surface area contributed by atoms with Crippen molar-refractivity contribution in [2.24, 2.45) is 0 Å². The van der Waals surface area contributed by atoms with Crippen molar-refractivity contribution in [3.63, 3.8) is 0 Å². The molecule has 2 fully saturated rings. The number of piperidine rings is 1. The van der Waals surface area contributed by atoms with Gasteiger partial charge in [-0.15, -0.1) is 12.4 Å². The second-order valence-electron chi connectivity index (χ2n) is 6.42. The van der Waals surface area contributed by atoms with E-state index >= 15 is 0 Å². The predicted octanol–water partition coefficient (Wildman–Crippen LogP) is 3.51. The van der Waals surface area contributed by atoms with Crippen LogP contribution < -0.4 is 5.32 Å². The SMILES string of the molecule is CC1(C)C[C@H](Nc2nc(Cl)ncc2F)C[C@@H]2CCCN21.Cl. The molecule has 0 spiro atoms. The van der Waals surface area contributed by atoms with Crippen molar-refractivity contribution in [1.82, 2.24) is 14.9 Å². The predicted molar refractivity (Wildman–Crippen MR) is 84.7 cm³/mol. The highest BCUT2D eigenvalue weighted by atomic mass is 35.5. The molecule has 0 aromatic carbocycles. The molecule has 118 valence electrons. The summed E-state index contributed by atoms with van der Waals surface area (Å²) in [5, 5.41) is 3.30. The van der Waals surface area contributed by atoms with Crippen molar-refractivity contribution < 1.29 is 4.39 Å². The Bertz CT molecular complexity index is 512. The van der Waals surface area contributed by atoms with E-state index in [0.29, 0.717) is 6.04 Å². The molecule has 1 N–H and O–H groups in total. The third-order valence-corrected chi connectivity index (χ3v) is 4.69.